The third-order valence-corrected chi connectivity index (χ3v) is 5.87. The predicted molar refractivity (Wildman–Crippen MR) is 143 cm³/mol. The number of Topliss-reactive ketones (excluding diaryl/α,β-unsaturated/α-hetero) is 2. The van der Waals surface area contributed by atoms with Gasteiger partial charge in [-0.05, 0) is 29.5 Å². The number of ketones is 2. The molecular formula is C32H32O4. The number of unbranched alkanes of at least 4 members (excludes halogenated alkanes) is 1. The maximum Gasteiger partial charge on any atom is 0.196 e. The summed E-state index contributed by atoms with van der Waals surface area (Å²) in [6, 6.07) is 34.4. The first kappa shape index (κ1) is 26.7. The monoisotopic (exact) mass is 480 g/mol. The highest BCUT2D eigenvalue weighted by Crippen LogP contribution is 2.22. The van der Waals surface area contributed by atoms with E-state index in [0.717, 1.165) is 24.8 Å². The maximum atomic E-state index is 12.5. The zero-order valence-electron chi connectivity index (χ0n) is 20.5. The van der Waals surface area contributed by atoms with E-state index in [4.69, 9.17) is 0 Å². The van der Waals surface area contributed by atoms with Gasteiger partial charge >= 0.3 is 0 Å². The number of aryl methyl sites for hydroxylation is 1. The summed E-state index contributed by atoms with van der Waals surface area (Å²) in [7, 11) is 0. The molecule has 4 aromatic rings. The normalized spacial score (nSPS) is 12.1. The summed E-state index contributed by atoms with van der Waals surface area (Å²) in [4.78, 5) is 24.4. The Balaban J connectivity index is 0.000000205. The van der Waals surface area contributed by atoms with Crippen molar-refractivity contribution >= 4 is 11.6 Å². The van der Waals surface area contributed by atoms with Gasteiger partial charge in [0.15, 0.2) is 11.6 Å². The Bertz CT molecular complexity index is 1220. The first-order valence-corrected chi connectivity index (χ1v) is 12.2. The van der Waals surface area contributed by atoms with E-state index >= 15 is 0 Å². The highest BCUT2D eigenvalue weighted by Gasteiger charge is 2.21. The number of aliphatic hydroxyl groups is 2. The fraction of sp³-hybridized carbons (Fsp3) is 0.188. The molecule has 2 unspecified atom stereocenters. The molecule has 0 bridgehead atoms. The minimum atomic E-state index is -1.08. The number of rotatable bonds is 9. The van der Waals surface area contributed by atoms with E-state index in [1.165, 1.54) is 0 Å². The first-order valence-electron chi connectivity index (χ1n) is 12.2. The van der Waals surface area contributed by atoms with E-state index in [2.05, 4.69) is 6.92 Å². The van der Waals surface area contributed by atoms with Crippen LogP contribution in [-0.2, 0) is 6.42 Å². The van der Waals surface area contributed by atoms with Gasteiger partial charge in [0.05, 0.1) is 0 Å². The molecule has 4 rings (SSSR count). The Morgan fingerprint density at radius 1 is 0.611 bits per heavy atom. The Kier molecular flexibility index (Phi) is 10.3. The second-order valence-corrected chi connectivity index (χ2v) is 8.48. The Labute approximate surface area is 212 Å². The van der Waals surface area contributed by atoms with Gasteiger partial charge in [-0.3, -0.25) is 9.59 Å². The molecule has 0 spiro atoms. The van der Waals surface area contributed by atoms with Crippen LogP contribution >= 0.6 is 0 Å². The lowest BCUT2D eigenvalue weighted by molar-refractivity contribution is 0.0743. The van der Waals surface area contributed by atoms with E-state index in [0.29, 0.717) is 22.3 Å². The number of carbonyl (C=O) groups is 2. The molecule has 4 heteroatoms. The third kappa shape index (κ3) is 7.32. The summed E-state index contributed by atoms with van der Waals surface area (Å²) in [6.07, 6.45) is 0.845. The maximum absolute atomic E-state index is 12.5. The average molecular weight is 481 g/mol. The van der Waals surface area contributed by atoms with Crippen LogP contribution in [0.1, 0.15) is 69.4 Å². The molecule has 0 amide bonds. The van der Waals surface area contributed by atoms with Crippen LogP contribution in [0, 0.1) is 0 Å². The van der Waals surface area contributed by atoms with Crippen molar-refractivity contribution in [1.29, 1.82) is 0 Å². The van der Waals surface area contributed by atoms with Crippen LogP contribution in [0.3, 0.4) is 0 Å². The SMILES string of the molecule is CCCCc1ccccc1C(=O)C(O)c1ccccc1.O=C(c1ccccc1)C(O)c1ccccc1. The highest BCUT2D eigenvalue weighted by molar-refractivity contribution is 6.01. The number of benzene rings is 4. The minimum absolute atomic E-state index is 0.220. The summed E-state index contributed by atoms with van der Waals surface area (Å²) in [5.74, 6) is -0.491. The molecule has 4 nitrogen and oxygen atoms in total. The fourth-order valence-corrected chi connectivity index (χ4v) is 3.83. The van der Waals surface area contributed by atoms with E-state index in [1.807, 2.05) is 48.5 Å². The summed E-state index contributed by atoms with van der Waals surface area (Å²) in [5.41, 5.74) is 3.45. The molecule has 0 fully saturated rings. The number of carbonyl (C=O) groups excluding carboxylic acids is 2. The van der Waals surface area contributed by atoms with Crippen LogP contribution in [0.15, 0.2) is 115 Å². The number of aliphatic hydroxyl groups excluding tert-OH is 2. The van der Waals surface area contributed by atoms with Gasteiger partial charge in [-0.15, -0.1) is 0 Å². The second kappa shape index (κ2) is 13.9. The van der Waals surface area contributed by atoms with Crippen molar-refractivity contribution in [3.8, 4) is 0 Å². The standard InChI is InChI=1S/C18H20O2.C14H12O2/c1-2-3-9-14-10-7-8-13-16(14)18(20)17(19)15-11-5-4-6-12-15;15-13(11-7-3-1-4-8-11)14(16)12-9-5-2-6-10-12/h4-8,10-13,17,19H,2-3,9H2,1H3;1-10,13,15H. The Morgan fingerprint density at radius 2 is 1.06 bits per heavy atom. The van der Waals surface area contributed by atoms with Gasteiger partial charge in [-0.1, -0.05) is 129 Å². The van der Waals surface area contributed by atoms with Crippen LogP contribution in [0.4, 0.5) is 0 Å². The van der Waals surface area contributed by atoms with Crippen LogP contribution in [0.2, 0.25) is 0 Å². The summed E-state index contributed by atoms with van der Waals surface area (Å²) >= 11 is 0. The van der Waals surface area contributed by atoms with Gasteiger partial charge in [0.25, 0.3) is 0 Å². The van der Waals surface area contributed by atoms with E-state index in [9.17, 15) is 19.8 Å². The molecule has 0 heterocycles. The van der Waals surface area contributed by atoms with Crippen molar-refractivity contribution in [1.82, 2.24) is 0 Å². The molecule has 2 N–H and O–H groups in total. The lowest BCUT2D eigenvalue weighted by Gasteiger charge is -2.13. The quantitative estimate of drug-likeness (QED) is 0.267. The lowest BCUT2D eigenvalue weighted by atomic mass is 9.94. The van der Waals surface area contributed by atoms with Crippen molar-refractivity contribution in [3.63, 3.8) is 0 Å². The number of hydrogen-bond acceptors (Lipinski definition) is 4. The van der Waals surface area contributed by atoms with Crippen LogP contribution < -0.4 is 0 Å². The fourth-order valence-electron chi connectivity index (χ4n) is 3.83. The summed E-state index contributed by atoms with van der Waals surface area (Å²) < 4.78 is 0. The van der Waals surface area contributed by atoms with Crippen molar-refractivity contribution in [2.45, 2.75) is 38.4 Å². The zero-order valence-corrected chi connectivity index (χ0v) is 20.5. The van der Waals surface area contributed by atoms with E-state index in [1.54, 1.807) is 66.7 Å². The van der Waals surface area contributed by atoms with Gasteiger partial charge in [-0.2, -0.15) is 0 Å². The molecule has 184 valence electrons. The Hall–Kier alpha value is -3.86. The van der Waals surface area contributed by atoms with Crippen molar-refractivity contribution in [2.24, 2.45) is 0 Å². The first-order chi connectivity index (χ1) is 17.5. The Morgan fingerprint density at radius 3 is 1.58 bits per heavy atom. The van der Waals surface area contributed by atoms with Crippen LogP contribution in [0.5, 0.6) is 0 Å². The van der Waals surface area contributed by atoms with Crippen molar-refractivity contribution < 1.29 is 19.8 Å². The average Bonchev–Trinajstić information content (AvgIpc) is 2.96. The predicted octanol–water partition coefficient (Wildman–Crippen LogP) is 6.55. The minimum Gasteiger partial charge on any atom is -0.380 e. The van der Waals surface area contributed by atoms with Gasteiger partial charge < -0.3 is 10.2 Å². The van der Waals surface area contributed by atoms with E-state index in [-0.39, 0.29) is 11.6 Å². The van der Waals surface area contributed by atoms with Gasteiger partial charge in [-0.25, -0.2) is 0 Å². The molecule has 0 saturated carbocycles. The molecule has 36 heavy (non-hydrogen) atoms. The van der Waals surface area contributed by atoms with E-state index < -0.39 is 12.2 Å². The van der Waals surface area contributed by atoms with Gasteiger partial charge in [0.1, 0.15) is 12.2 Å². The molecule has 0 aliphatic heterocycles. The summed E-state index contributed by atoms with van der Waals surface area (Å²) in [5, 5.41) is 20.1. The van der Waals surface area contributed by atoms with Gasteiger partial charge in [0.2, 0.25) is 0 Å². The van der Waals surface area contributed by atoms with Crippen LogP contribution in [0.25, 0.3) is 0 Å². The largest absolute Gasteiger partial charge is 0.380 e. The molecule has 0 aliphatic rings. The lowest BCUT2D eigenvalue weighted by Crippen LogP contribution is -2.14. The summed E-state index contributed by atoms with van der Waals surface area (Å²) in [6.45, 7) is 2.13. The molecular weight excluding hydrogens is 448 g/mol. The molecule has 0 saturated heterocycles. The topological polar surface area (TPSA) is 74.6 Å². The smallest absolute Gasteiger partial charge is 0.196 e. The molecule has 0 aliphatic carbocycles. The third-order valence-electron chi connectivity index (χ3n) is 5.87. The van der Waals surface area contributed by atoms with Gasteiger partial charge in [0, 0.05) is 11.1 Å². The van der Waals surface area contributed by atoms with Crippen LogP contribution in [-0.4, -0.2) is 21.8 Å². The molecule has 4 aromatic carbocycles. The number of hydrogen-bond donors (Lipinski definition) is 2. The van der Waals surface area contributed by atoms with Crippen molar-refractivity contribution in [3.05, 3.63) is 143 Å². The zero-order chi connectivity index (χ0) is 25.8. The van der Waals surface area contributed by atoms with Crippen molar-refractivity contribution in [2.75, 3.05) is 0 Å². The highest BCUT2D eigenvalue weighted by atomic mass is 16.3. The molecule has 0 radical (unpaired) electrons. The second-order valence-electron chi connectivity index (χ2n) is 8.48. The molecule has 2 atom stereocenters. The molecule has 0 aromatic heterocycles.